The summed E-state index contributed by atoms with van der Waals surface area (Å²) in [5, 5.41) is 20.1. The Bertz CT molecular complexity index is 1070. The van der Waals surface area contributed by atoms with E-state index >= 15 is 0 Å². The van der Waals surface area contributed by atoms with Crippen LogP contribution in [0.5, 0.6) is 17.2 Å². The Kier molecular flexibility index (Phi) is 6.67. The summed E-state index contributed by atoms with van der Waals surface area (Å²) in [6, 6.07) is 10.2. The van der Waals surface area contributed by atoms with Crippen molar-refractivity contribution in [1.82, 2.24) is 4.90 Å². The van der Waals surface area contributed by atoms with E-state index in [9.17, 15) is 19.5 Å². The van der Waals surface area contributed by atoms with E-state index in [0.29, 0.717) is 28.4 Å². The highest BCUT2D eigenvalue weighted by molar-refractivity contribution is 6.46. The number of ketones is 1. The highest BCUT2D eigenvalue weighted by atomic mass is 16.5. The van der Waals surface area contributed by atoms with Crippen LogP contribution in [-0.4, -0.2) is 60.6 Å². The number of likely N-dealkylation sites (tertiary alicyclic amines) is 1. The number of nitrogens with zero attached hydrogens (tertiary/aromatic N) is 1. The summed E-state index contributed by atoms with van der Waals surface area (Å²) in [6.07, 6.45) is -0.362. The van der Waals surface area contributed by atoms with Gasteiger partial charge in [0, 0.05) is 12.1 Å². The van der Waals surface area contributed by atoms with Gasteiger partial charge in [-0.3, -0.25) is 14.4 Å². The molecule has 2 aromatic carbocycles. The van der Waals surface area contributed by atoms with Crippen LogP contribution in [0, 0.1) is 0 Å². The van der Waals surface area contributed by atoms with Gasteiger partial charge in [0.15, 0.2) is 11.5 Å². The number of ether oxygens (including phenoxy) is 3. The quantitative estimate of drug-likeness (QED) is 0.364. The molecular weight excluding hydrogens is 418 g/mol. The summed E-state index contributed by atoms with van der Waals surface area (Å²) in [5.41, 5.74) is 0.632. The minimum Gasteiger partial charge on any atom is -0.507 e. The zero-order chi connectivity index (χ0) is 23.4. The molecule has 0 radical (unpaired) electrons. The van der Waals surface area contributed by atoms with Crippen molar-refractivity contribution in [2.45, 2.75) is 12.5 Å². The van der Waals surface area contributed by atoms with Gasteiger partial charge in [-0.25, -0.2) is 0 Å². The molecule has 1 saturated heterocycles. The van der Waals surface area contributed by atoms with Crippen LogP contribution in [0.15, 0.2) is 48.0 Å². The molecule has 0 bridgehead atoms. The van der Waals surface area contributed by atoms with Gasteiger partial charge in [0.2, 0.25) is 0 Å². The number of carbonyl (C=O) groups excluding carboxylic acids is 2. The first-order valence-electron chi connectivity index (χ1n) is 9.69. The van der Waals surface area contributed by atoms with Crippen molar-refractivity contribution in [3.63, 3.8) is 0 Å². The molecule has 2 aromatic rings. The van der Waals surface area contributed by atoms with Gasteiger partial charge in [-0.05, 0) is 42.0 Å². The lowest BCUT2D eigenvalue weighted by Crippen LogP contribution is -2.31. The molecular formula is C23H23NO8. The Hall–Kier alpha value is -4.01. The highest BCUT2D eigenvalue weighted by Crippen LogP contribution is 2.42. The lowest BCUT2D eigenvalue weighted by atomic mass is 9.95. The van der Waals surface area contributed by atoms with E-state index in [-0.39, 0.29) is 24.3 Å². The van der Waals surface area contributed by atoms with Gasteiger partial charge in [-0.15, -0.1) is 0 Å². The normalized spacial score (nSPS) is 17.3. The summed E-state index contributed by atoms with van der Waals surface area (Å²) in [6.45, 7) is -0.210. The zero-order valence-electron chi connectivity index (χ0n) is 17.8. The standard InChI is InChI=1S/C23H23NO8/c1-30-15-7-4-13(5-8-15)21(27)19-20(14-6-9-16(31-2)17(12-14)32-3)24(11-10-18(25)26)23(29)22(19)28/h4-9,12,20,27H,10-11H2,1-3H3,(H,25,26). The Morgan fingerprint density at radius 1 is 0.938 bits per heavy atom. The maximum Gasteiger partial charge on any atom is 0.305 e. The van der Waals surface area contributed by atoms with Crippen molar-refractivity contribution < 1.29 is 38.8 Å². The summed E-state index contributed by atoms with van der Waals surface area (Å²) in [7, 11) is 4.42. The molecule has 9 nitrogen and oxygen atoms in total. The lowest BCUT2D eigenvalue weighted by molar-refractivity contribution is -0.142. The molecule has 0 aromatic heterocycles. The number of rotatable bonds is 8. The molecule has 1 amide bonds. The molecule has 2 N–H and O–H groups in total. The number of benzene rings is 2. The molecule has 1 unspecified atom stereocenters. The molecule has 1 heterocycles. The summed E-state index contributed by atoms with van der Waals surface area (Å²) < 4.78 is 15.7. The van der Waals surface area contributed by atoms with Gasteiger partial charge < -0.3 is 29.3 Å². The number of aliphatic carboxylic acids is 1. The number of hydrogen-bond acceptors (Lipinski definition) is 7. The third-order valence-corrected chi connectivity index (χ3v) is 5.19. The third kappa shape index (κ3) is 4.22. The van der Waals surface area contributed by atoms with Crippen LogP contribution >= 0.6 is 0 Å². The highest BCUT2D eigenvalue weighted by Gasteiger charge is 2.46. The lowest BCUT2D eigenvalue weighted by Gasteiger charge is -2.25. The molecule has 9 heteroatoms. The molecule has 1 fully saturated rings. The molecule has 32 heavy (non-hydrogen) atoms. The summed E-state index contributed by atoms with van der Waals surface area (Å²) >= 11 is 0. The predicted molar refractivity (Wildman–Crippen MR) is 114 cm³/mol. The van der Waals surface area contributed by atoms with E-state index in [1.54, 1.807) is 42.5 Å². The average Bonchev–Trinajstić information content (AvgIpc) is 3.06. The number of aliphatic hydroxyl groups excluding tert-OH is 1. The molecule has 168 valence electrons. The molecule has 1 aliphatic rings. The Morgan fingerprint density at radius 2 is 1.59 bits per heavy atom. The third-order valence-electron chi connectivity index (χ3n) is 5.19. The number of carboxylic acid groups (broad SMARTS) is 1. The maximum atomic E-state index is 12.9. The van der Waals surface area contributed by atoms with Gasteiger partial charge in [-0.1, -0.05) is 6.07 Å². The van der Waals surface area contributed by atoms with E-state index in [4.69, 9.17) is 19.3 Å². The minimum absolute atomic E-state index is 0.141. The van der Waals surface area contributed by atoms with E-state index in [1.165, 1.54) is 21.3 Å². The molecule has 1 aliphatic heterocycles. The van der Waals surface area contributed by atoms with E-state index in [2.05, 4.69) is 0 Å². The molecule has 0 aliphatic carbocycles. The predicted octanol–water partition coefficient (Wildman–Crippen LogP) is 2.61. The fraction of sp³-hybridized carbons (Fsp3) is 0.261. The van der Waals surface area contributed by atoms with Gasteiger partial charge in [-0.2, -0.15) is 0 Å². The van der Waals surface area contributed by atoms with Crippen molar-refractivity contribution in [1.29, 1.82) is 0 Å². The van der Waals surface area contributed by atoms with Gasteiger partial charge in [0.1, 0.15) is 11.5 Å². The number of methoxy groups -OCH3 is 3. The second-order valence-electron chi connectivity index (χ2n) is 6.98. The molecule has 0 spiro atoms. The number of aliphatic hydroxyl groups is 1. The van der Waals surface area contributed by atoms with Crippen LogP contribution in [0.3, 0.4) is 0 Å². The van der Waals surface area contributed by atoms with Crippen molar-refractivity contribution in [2.75, 3.05) is 27.9 Å². The van der Waals surface area contributed by atoms with E-state index in [0.717, 1.165) is 4.90 Å². The Labute approximate surface area is 184 Å². The smallest absolute Gasteiger partial charge is 0.305 e. The van der Waals surface area contributed by atoms with Crippen LogP contribution in [0.2, 0.25) is 0 Å². The minimum atomic E-state index is -1.12. The van der Waals surface area contributed by atoms with Gasteiger partial charge in [0.25, 0.3) is 11.7 Å². The molecule has 0 saturated carbocycles. The van der Waals surface area contributed by atoms with Crippen molar-refractivity contribution in [3.05, 3.63) is 59.2 Å². The number of Topliss-reactive ketones (excluding diaryl/α,β-unsaturated/α-hetero) is 1. The monoisotopic (exact) mass is 441 g/mol. The fourth-order valence-corrected chi connectivity index (χ4v) is 3.60. The van der Waals surface area contributed by atoms with Gasteiger partial charge in [0.05, 0.1) is 39.4 Å². The molecule has 3 rings (SSSR count). The Morgan fingerprint density at radius 3 is 2.16 bits per heavy atom. The number of amides is 1. The summed E-state index contributed by atoms with van der Waals surface area (Å²) in [4.78, 5) is 38.0. The fourth-order valence-electron chi connectivity index (χ4n) is 3.60. The maximum absolute atomic E-state index is 12.9. The second kappa shape index (κ2) is 9.42. The zero-order valence-corrected chi connectivity index (χ0v) is 17.8. The van der Waals surface area contributed by atoms with Crippen LogP contribution in [0.1, 0.15) is 23.6 Å². The first-order chi connectivity index (χ1) is 15.3. The Balaban J connectivity index is 2.17. The van der Waals surface area contributed by atoms with Crippen LogP contribution in [-0.2, 0) is 14.4 Å². The first kappa shape index (κ1) is 22.7. The van der Waals surface area contributed by atoms with Crippen molar-refractivity contribution >= 4 is 23.4 Å². The van der Waals surface area contributed by atoms with Crippen molar-refractivity contribution in [3.8, 4) is 17.2 Å². The van der Waals surface area contributed by atoms with Gasteiger partial charge >= 0.3 is 5.97 Å². The topological polar surface area (TPSA) is 123 Å². The summed E-state index contributed by atoms with van der Waals surface area (Å²) in [5.74, 6) is -1.92. The van der Waals surface area contributed by atoms with Crippen LogP contribution in [0.4, 0.5) is 0 Å². The van der Waals surface area contributed by atoms with Crippen LogP contribution < -0.4 is 14.2 Å². The number of hydrogen-bond donors (Lipinski definition) is 2. The largest absolute Gasteiger partial charge is 0.507 e. The SMILES string of the molecule is COc1ccc(C(O)=C2C(=O)C(=O)N(CCC(=O)O)C2c2ccc(OC)c(OC)c2)cc1. The molecule has 1 atom stereocenters. The van der Waals surface area contributed by atoms with Crippen LogP contribution in [0.25, 0.3) is 5.76 Å². The second-order valence-corrected chi connectivity index (χ2v) is 6.98. The van der Waals surface area contributed by atoms with Crippen molar-refractivity contribution in [2.24, 2.45) is 0 Å². The van der Waals surface area contributed by atoms with E-state index < -0.39 is 23.7 Å². The number of carboxylic acids is 1. The van der Waals surface area contributed by atoms with E-state index in [1.807, 2.05) is 0 Å². The average molecular weight is 441 g/mol. The first-order valence-corrected chi connectivity index (χ1v) is 9.69. The number of carbonyl (C=O) groups is 3.